The molecule has 17 heavy (non-hydrogen) atoms. The molecule has 2 saturated heterocycles. The molecule has 0 bridgehead atoms. The molecule has 98 valence electrons. The van der Waals surface area contributed by atoms with E-state index in [0.717, 1.165) is 44.8 Å². The first-order valence-corrected chi connectivity index (χ1v) is 7.19. The van der Waals surface area contributed by atoms with Crippen molar-refractivity contribution < 1.29 is 10.2 Å². The molecule has 2 unspecified atom stereocenters. The fourth-order valence-corrected chi connectivity index (χ4v) is 3.54. The quantitative estimate of drug-likeness (QED) is 0.681. The van der Waals surface area contributed by atoms with Crippen molar-refractivity contribution in [2.45, 2.75) is 50.8 Å². The molecule has 1 saturated carbocycles. The van der Waals surface area contributed by atoms with Crippen LogP contribution in [0.15, 0.2) is 0 Å². The van der Waals surface area contributed by atoms with Crippen molar-refractivity contribution in [2.24, 2.45) is 11.8 Å². The molecule has 3 aliphatic rings. The predicted molar refractivity (Wildman–Crippen MR) is 65.2 cm³/mol. The number of aliphatic hydroxyl groups is 1. The molecule has 3 rings (SSSR count). The fourth-order valence-electron chi connectivity index (χ4n) is 3.54. The van der Waals surface area contributed by atoms with Gasteiger partial charge in [-0.2, -0.15) is 0 Å². The number of rotatable bonds is 3. The SMILES string of the molecule is [O-][NH+]1CCC(N2CCC(CC3CC3)C2O)CC1. The van der Waals surface area contributed by atoms with Gasteiger partial charge in [-0.3, -0.25) is 4.90 Å². The topological polar surface area (TPSA) is 51.0 Å². The van der Waals surface area contributed by atoms with E-state index in [2.05, 4.69) is 4.90 Å². The molecule has 4 heteroatoms. The van der Waals surface area contributed by atoms with Crippen molar-refractivity contribution in [1.82, 2.24) is 4.90 Å². The second-order valence-electron chi connectivity index (χ2n) is 6.15. The molecule has 2 atom stereocenters. The highest BCUT2D eigenvalue weighted by Gasteiger charge is 2.40. The van der Waals surface area contributed by atoms with E-state index < -0.39 is 0 Å². The van der Waals surface area contributed by atoms with Gasteiger partial charge in [-0.15, -0.1) is 0 Å². The van der Waals surface area contributed by atoms with Crippen LogP contribution in [0.1, 0.15) is 38.5 Å². The van der Waals surface area contributed by atoms with E-state index >= 15 is 0 Å². The molecule has 1 aliphatic carbocycles. The molecular formula is C13H24N2O2. The van der Waals surface area contributed by atoms with Crippen LogP contribution >= 0.6 is 0 Å². The van der Waals surface area contributed by atoms with Crippen LogP contribution in [-0.2, 0) is 0 Å². The average Bonchev–Trinajstić information content (AvgIpc) is 3.07. The van der Waals surface area contributed by atoms with Gasteiger partial charge in [-0.25, -0.2) is 0 Å². The average molecular weight is 240 g/mol. The molecule has 3 fully saturated rings. The highest BCUT2D eigenvalue weighted by molar-refractivity contribution is 4.88. The van der Waals surface area contributed by atoms with E-state index in [4.69, 9.17) is 0 Å². The summed E-state index contributed by atoms with van der Waals surface area (Å²) in [7, 11) is 0. The number of hydrogen-bond donors (Lipinski definition) is 2. The Labute approximate surface area is 103 Å². The molecule has 2 N–H and O–H groups in total. The zero-order valence-electron chi connectivity index (χ0n) is 10.5. The molecule has 0 aromatic carbocycles. The van der Waals surface area contributed by atoms with Crippen LogP contribution < -0.4 is 5.06 Å². The van der Waals surface area contributed by atoms with Crippen molar-refractivity contribution in [2.75, 3.05) is 19.6 Å². The van der Waals surface area contributed by atoms with Crippen molar-refractivity contribution in [1.29, 1.82) is 0 Å². The molecular weight excluding hydrogens is 216 g/mol. The maximum Gasteiger partial charge on any atom is 0.110 e. The van der Waals surface area contributed by atoms with E-state index in [1.54, 1.807) is 0 Å². The Morgan fingerprint density at radius 2 is 1.82 bits per heavy atom. The van der Waals surface area contributed by atoms with E-state index in [0.29, 0.717) is 17.0 Å². The Morgan fingerprint density at radius 1 is 1.12 bits per heavy atom. The maximum absolute atomic E-state index is 11.2. The molecule has 0 aromatic heterocycles. The monoisotopic (exact) mass is 240 g/mol. The molecule has 2 heterocycles. The van der Waals surface area contributed by atoms with Gasteiger partial charge in [0.2, 0.25) is 0 Å². The lowest BCUT2D eigenvalue weighted by Crippen LogP contribution is -3.08. The summed E-state index contributed by atoms with van der Waals surface area (Å²) in [5.41, 5.74) is 0. The van der Waals surface area contributed by atoms with Crippen molar-refractivity contribution >= 4 is 0 Å². The van der Waals surface area contributed by atoms with Gasteiger partial charge in [0.1, 0.15) is 6.23 Å². The highest BCUT2D eigenvalue weighted by atomic mass is 16.5. The minimum Gasteiger partial charge on any atom is -0.634 e. The van der Waals surface area contributed by atoms with Crippen LogP contribution in [0.25, 0.3) is 0 Å². The molecule has 4 nitrogen and oxygen atoms in total. The van der Waals surface area contributed by atoms with Crippen molar-refractivity contribution in [3.63, 3.8) is 0 Å². The van der Waals surface area contributed by atoms with Gasteiger partial charge in [-0.05, 0) is 24.7 Å². The van der Waals surface area contributed by atoms with E-state index in [9.17, 15) is 10.3 Å². The second-order valence-corrected chi connectivity index (χ2v) is 6.15. The van der Waals surface area contributed by atoms with E-state index in [1.807, 2.05) is 0 Å². The first-order valence-electron chi connectivity index (χ1n) is 7.19. The minimum absolute atomic E-state index is 0.228. The molecule has 0 amide bonds. The molecule has 2 aliphatic heterocycles. The van der Waals surface area contributed by atoms with Crippen LogP contribution in [0.4, 0.5) is 0 Å². The summed E-state index contributed by atoms with van der Waals surface area (Å²) in [5, 5.41) is 22.0. The zero-order valence-corrected chi connectivity index (χ0v) is 10.5. The van der Waals surface area contributed by atoms with Gasteiger partial charge in [0.15, 0.2) is 0 Å². The summed E-state index contributed by atoms with van der Waals surface area (Å²) < 4.78 is 0. The third-order valence-corrected chi connectivity index (χ3v) is 4.83. The van der Waals surface area contributed by atoms with Gasteiger partial charge in [0, 0.05) is 25.4 Å². The van der Waals surface area contributed by atoms with E-state index in [1.165, 1.54) is 19.3 Å². The Bertz CT molecular complexity index is 262. The van der Waals surface area contributed by atoms with Gasteiger partial charge < -0.3 is 15.4 Å². The lowest BCUT2D eigenvalue weighted by molar-refractivity contribution is -0.854. The van der Waals surface area contributed by atoms with Crippen LogP contribution in [0.2, 0.25) is 0 Å². The maximum atomic E-state index is 11.2. The lowest BCUT2D eigenvalue weighted by atomic mass is 9.99. The van der Waals surface area contributed by atoms with Gasteiger partial charge in [0.25, 0.3) is 0 Å². The molecule has 0 aromatic rings. The second kappa shape index (κ2) is 4.84. The summed E-state index contributed by atoms with van der Waals surface area (Å²) in [6, 6.07) is 0.465. The number of quaternary nitrogens is 1. The van der Waals surface area contributed by atoms with Crippen molar-refractivity contribution in [3.8, 4) is 0 Å². The number of likely N-dealkylation sites (tertiary alicyclic amines) is 1. The first-order chi connectivity index (χ1) is 8.24. The van der Waals surface area contributed by atoms with Crippen LogP contribution in [0, 0.1) is 17.0 Å². The molecule has 0 spiro atoms. The first kappa shape index (κ1) is 11.9. The summed E-state index contributed by atoms with van der Waals surface area (Å²) in [6.45, 7) is 2.49. The van der Waals surface area contributed by atoms with Crippen LogP contribution in [0.5, 0.6) is 0 Å². The molecule has 0 radical (unpaired) electrons. The number of aliphatic hydroxyl groups excluding tert-OH is 1. The van der Waals surface area contributed by atoms with Gasteiger partial charge >= 0.3 is 0 Å². The largest absolute Gasteiger partial charge is 0.634 e. The smallest absolute Gasteiger partial charge is 0.110 e. The zero-order chi connectivity index (χ0) is 11.8. The number of hydrogen-bond acceptors (Lipinski definition) is 3. The Morgan fingerprint density at radius 3 is 2.47 bits per heavy atom. The summed E-state index contributed by atoms with van der Waals surface area (Å²) in [6.07, 6.45) is 6.83. The van der Waals surface area contributed by atoms with Crippen LogP contribution in [-0.4, -0.2) is 41.9 Å². The van der Waals surface area contributed by atoms with E-state index in [-0.39, 0.29) is 6.23 Å². The summed E-state index contributed by atoms with van der Waals surface area (Å²) >= 11 is 0. The minimum atomic E-state index is -0.228. The normalized spacial score (nSPS) is 44.1. The third kappa shape index (κ3) is 2.65. The summed E-state index contributed by atoms with van der Waals surface area (Å²) in [5.74, 6) is 1.41. The Hall–Kier alpha value is -0.160. The Balaban J connectivity index is 1.53. The summed E-state index contributed by atoms with van der Waals surface area (Å²) in [4.78, 5) is 2.28. The van der Waals surface area contributed by atoms with Crippen LogP contribution in [0.3, 0.4) is 0 Å². The third-order valence-electron chi connectivity index (χ3n) is 4.83. The lowest BCUT2D eigenvalue weighted by Gasteiger charge is -2.38. The number of nitrogens with one attached hydrogen (secondary N) is 1. The number of hydroxylamine groups is 2. The Kier molecular flexibility index (Phi) is 3.39. The van der Waals surface area contributed by atoms with Gasteiger partial charge in [0.05, 0.1) is 13.1 Å². The standard InChI is InChI=1S/C13H24N2O2/c16-13-11(9-10-1-2-10)3-8-15(13)12-4-6-14(17)7-5-12/h10-14,16H,1-9H2. The number of nitrogens with zero attached hydrogens (tertiary/aromatic N) is 1. The fraction of sp³-hybridized carbons (Fsp3) is 1.00. The highest BCUT2D eigenvalue weighted by Crippen LogP contribution is 2.40. The predicted octanol–water partition coefficient (Wildman–Crippen LogP) is -0.0281. The van der Waals surface area contributed by atoms with Crippen molar-refractivity contribution in [3.05, 3.63) is 5.21 Å². The van der Waals surface area contributed by atoms with Gasteiger partial charge in [-0.1, -0.05) is 12.8 Å². The number of piperidine rings is 1.